The van der Waals surface area contributed by atoms with Crippen LogP contribution in [0.5, 0.6) is 0 Å². The summed E-state index contributed by atoms with van der Waals surface area (Å²) in [5.74, 6) is -4.19. The molecule has 0 spiro atoms. The fourth-order valence-electron chi connectivity index (χ4n) is 2.37. The Labute approximate surface area is 170 Å². The Bertz CT molecular complexity index is 555. The Kier molecular flexibility index (Phi) is 10.8. The number of rotatable bonds is 3. The first-order valence-corrected chi connectivity index (χ1v) is 8.10. The SMILES string of the molecule is O=C1CC[C@H](C(=O)[O-])N1.O=C1CC[C@H](C(=O)[O-])N1.O=C1CC[C@H](C(=O)[O-])N1.[Al+3]. The van der Waals surface area contributed by atoms with Crippen LogP contribution in [0.2, 0.25) is 0 Å². The maximum atomic E-state index is 10.4. The summed E-state index contributed by atoms with van der Waals surface area (Å²) in [5, 5.41) is 36.8. The van der Waals surface area contributed by atoms with Crippen molar-refractivity contribution in [1.29, 1.82) is 0 Å². The van der Waals surface area contributed by atoms with E-state index in [1.807, 2.05) is 0 Å². The minimum atomic E-state index is -1.19. The van der Waals surface area contributed by atoms with Crippen molar-refractivity contribution in [1.82, 2.24) is 16.0 Å². The largest absolute Gasteiger partial charge is 3.00 e. The van der Waals surface area contributed by atoms with E-state index in [0.29, 0.717) is 38.5 Å². The quantitative estimate of drug-likeness (QED) is 0.377. The Morgan fingerprint density at radius 3 is 0.893 bits per heavy atom. The van der Waals surface area contributed by atoms with E-state index in [1.54, 1.807) is 0 Å². The molecule has 0 saturated carbocycles. The van der Waals surface area contributed by atoms with E-state index in [0.717, 1.165) is 0 Å². The summed E-state index contributed by atoms with van der Waals surface area (Å²) in [5.41, 5.74) is 0. The molecule has 3 fully saturated rings. The van der Waals surface area contributed by atoms with Gasteiger partial charge in [-0.05, 0) is 19.3 Å². The number of carbonyl (C=O) groups excluding carboxylic acids is 6. The molecule has 3 heterocycles. The third kappa shape index (κ3) is 8.83. The van der Waals surface area contributed by atoms with Gasteiger partial charge in [-0.1, -0.05) is 0 Å². The number of aliphatic carboxylic acids is 3. The Morgan fingerprint density at radius 1 is 0.607 bits per heavy atom. The van der Waals surface area contributed by atoms with Crippen molar-refractivity contribution in [3.05, 3.63) is 0 Å². The predicted molar refractivity (Wildman–Crippen MR) is 84.3 cm³/mol. The Hall–Kier alpha value is -2.65. The second-order valence-electron chi connectivity index (χ2n) is 5.93. The van der Waals surface area contributed by atoms with E-state index in [-0.39, 0.29) is 35.1 Å². The van der Waals surface area contributed by atoms with E-state index in [1.165, 1.54) is 0 Å². The van der Waals surface area contributed by atoms with Gasteiger partial charge in [0.1, 0.15) is 0 Å². The molecule has 0 radical (unpaired) electrons. The summed E-state index contributed by atoms with van der Waals surface area (Å²) < 4.78 is 0. The van der Waals surface area contributed by atoms with Crippen molar-refractivity contribution in [3.8, 4) is 0 Å². The van der Waals surface area contributed by atoms with Gasteiger partial charge in [-0.2, -0.15) is 0 Å². The minimum absolute atomic E-state index is 0. The molecule has 3 atom stereocenters. The van der Waals surface area contributed by atoms with Gasteiger partial charge in [-0.25, -0.2) is 0 Å². The Balaban J connectivity index is 0.000000384. The molecule has 12 nitrogen and oxygen atoms in total. The molecule has 0 bridgehead atoms. The number of amides is 3. The number of nitrogens with one attached hydrogen (secondary N) is 3. The summed E-state index contributed by atoms with van der Waals surface area (Å²) in [6.07, 6.45) is 2.00. The second-order valence-corrected chi connectivity index (χ2v) is 5.93. The third-order valence-corrected chi connectivity index (χ3v) is 3.84. The van der Waals surface area contributed by atoms with Gasteiger partial charge in [0.2, 0.25) is 17.7 Å². The molecular weight excluding hydrogens is 393 g/mol. The van der Waals surface area contributed by atoms with Crippen LogP contribution in [0.4, 0.5) is 0 Å². The molecule has 3 amide bonds. The van der Waals surface area contributed by atoms with E-state index in [4.69, 9.17) is 0 Å². The number of hydrogen-bond acceptors (Lipinski definition) is 9. The summed E-state index contributed by atoms with van der Waals surface area (Å²) in [6.45, 7) is 0. The average molecular weight is 411 g/mol. The predicted octanol–water partition coefficient (Wildman–Crippen LogP) is -6.34. The van der Waals surface area contributed by atoms with Crippen LogP contribution in [0.15, 0.2) is 0 Å². The average Bonchev–Trinajstić information content (AvgIpc) is 3.30. The van der Waals surface area contributed by atoms with E-state index >= 15 is 0 Å². The number of carboxylic acids is 3. The van der Waals surface area contributed by atoms with Gasteiger partial charge in [0.25, 0.3) is 0 Å². The number of carboxylic acid groups (broad SMARTS) is 3. The molecule has 0 aromatic heterocycles. The van der Waals surface area contributed by atoms with E-state index in [9.17, 15) is 44.1 Å². The summed E-state index contributed by atoms with van der Waals surface area (Å²) in [6, 6.07) is -2.26. The third-order valence-electron chi connectivity index (χ3n) is 3.84. The summed E-state index contributed by atoms with van der Waals surface area (Å²) >= 11 is 0. The molecule has 3 N–H and O–H groups in total. The molecule has 0 aromatic carbocycles. The van der Waals surface area contributed by atoms with E-state index in [2.05, 4.69) is 16.0 Å². The summed E-state index contributed by atoms with van der Waals surface area (Å²) in [7, 11) is 0. The van der Waals surface area contributed by atoms with Crippen LogP contribution in [0.25, 0.3) is 0 Å². The minimum Gasteiger partial charge on any atom is -0.548 e. The van der Waals surface area contributed by atoms with Crippen LogP contribution in [0, 0.1) is 0 Å². The van der Waals surface area contributed by atoms with Crippen molar-refractivity contribution in [2.24, 2.45) is 0 Å². The zero-order chi connectivity index (χ0) is 20.6. The first kappa shape index (κ1) is 25.4. The van der Waals surface area contributed by atoms with Crippen molar-refractivity contribution in [3.63, 3.8) is 0 Å². The van der Waals surface area contributed by atoms with Gasteiger partial charge in [0.15, 0.2) is 0 Å². The van der Waals surface area contributed by atoms with Crippen LogP contribution >= 0.6 is 0 Å². The first-order valence-electron chi connectivity index (χ1n) is 8.10. The standard InChI is InChI=1S/3C5H7NO3.Al/c3*7-4-2-1-3(6-4)5(8)9;/h3*3H,1-2H2,(H,6,7)(H,8,9);/q;;;+3/p-3/t3*3-;/m111./s1. The number of hydrogen-bond donors (Lipinski definition) is 3. The van der Waals surface area contributed by atoms with Crippen LogP contribution in [-0.2, 0) is 28.8 Å². The van der Waals surface area contributed by atoms with Crippen LogP contribution in [-0.4, -0.2) is 71.1 Å². The molecule has 13 heteroatoms. The molecule has 3 saturated heterocycles. The van der Waals surface area contributed by atoms with Gasteiger partial charge in [0, 0.05) is 19.3 Å². The molecule has 0 aromatic rings. The maximum absolute atomic E-state index is 10.4. The van der Waals surface area contributed by atoms with Gasteiger partial charge >= 0.3 is 17.4 Å². The van der Waals surface area contributed by atoms with Gasteiger partial charge in [-0.3, -0.25) is 14.4 Å². The zero-order valence-corrected chi connectivity index (χ0v) is 15.9. The number of carbonyl (C=O) groups is 6. The maximum Gasteiger partial charge on any atom is 3.00 e. The molecule has 3 aliphatic rings. The van der Waals surface area contributed by atoms with Crippen LogP contribution in [0.3, 0.4) is 0 Å². The molecule has 150 valence electrons. The van der Waals surface area contributed by atoms with Gasteiger partial charge in [0.05, 0.1) is 36.0 Å². The molecule has 3 rings (SSSR count). The fraction of sp³-hybridized carbons (Fsp3) is 0.600. The van der Waals surface area contributed by atoms with Gasteiger partial charge < -0.3 is 45.7 Å². The Morgan fingerprint density at radius 2 is 0.821 bits per heavy atom. The van der Waals surface area contributed by atoms with Crippen molar-refractivity contribution in [2.75, 3.05) is 0 Å². The molecule has 0 aliphatic carbocycles. The van der Waals surface area contributed by atoms with Crippen molar-refractivity contribution >= 4 is 53.0 Å². The normalized spacial score (nSPS) is 24.9. The van der Waals surface area contributed by atoms with Crippen molar-refractivity contribution < 1.29 is 44.1 Å². The molecule has 28 heavy (non-hydrogen) atoms. The fourth-order valence-corrected chi connectivity index (χ4v) is 2.37. The van der Waals surface area contributed by atoms with Crippen LogP contribution in [0.1, 0.15) is 38.5 Å². The van der Waals surface area contributed by atoms with Crippen molar-refractivity contribution in [2.45, 2.75) is 56.7 Å². The van der Waals surface area contributed by atoms with Crippen LogP contribution < -0.4 is 31.3 Å². The van der Waals surface area contributed by atoms with Gasteiger partial charge in [-0.15, -0.1) is 0 Å². The monoisotopic (exact) mass is 411 g/mol. The summed E-state index contributed by atoms with van der Waals surface area (Å²) in [4.78, 5) is 61.1. The second kappa shape index (κ2) is 11.9. The molecular formula is C15H18AlN3O9. The molecule has 3 aliphatic heterocycles. The zero-order valence-electron chi connectivity index (χ0n) is 14.7. The van der Waals surface area contributed by atoms with E-state index < -0.39 is 36.0 Å². The molecule has 0 unspecified atom stereocenters. The first-order chi connectivity index (χ1) is 12.6. The smallest absolute Gasteiger partial charge is 0.548 e. The topological polar surface area (TPSA) is 208 Å².